The van der Waals surface area contributed by atoms with Gasteiger partial charge in [-0.2, -0.15) is 0 Å². The standard InChI is InChI=1S/C24H26N6O2S/c1-17-20(9-14-32-17)23-26-27-24(30(23)25)33-16-22(31)29-12-10-28(11-13-29)15-19-7-4-6-18-5-2-3-8-21(18)19/h2-9,14H,10-13,15-16,25H2,1H3. The van der Waals surface area contributed by atoms with Crippen LogP contribution in [0.5, 0.6) is 0 Å². The maximum atomic E-state index is 12.8. The molecule has 33 heavy (non-hydrogen) atoms. The first kappa shape index (κ1) is 21.5. The summed E-state index contributed by atoms with van der Waals surface area (Å²) in [5.74, 6) is 7.78. The van der Waals surface area contributed by atoms with E-state index in [2.05, 4.69) is 57.6 Å². The van der Waals surface area contributed by atoms with Crippen molar-refractivity contribution in [3.8, 4) is 11.4 Å². The molecule has 0 radical (unpaired) electrons. The van der Waals surface area contributed by atoms with Crippen LogP contribution in [0.2, 0.25) is 0 Å². The minimum absolute atomic E-state index is 0.0915. The van der Waals surface area contributed by atoms with E-state index in [4.69, 9.17) is 10.3 Å². The third-order valence-corrected chi connectivity index (χ3v) is 7.02. The van der Waals surface area contributed by atoms with Gasteiger partial charge in [-0.3, -0.25) is 9.69 Å². The van der Waals surface area contributed by atoms with Crippen molar-refractivity contribution in [1.29, 1.82) is 0 Å². The molecule has 0 atom stereocenters. The number of carbonyl (C=O) groups is 1. The summed E-state index contributed by atoms with van der Waals surface area (Å²) in [6, 6.07) is 16.7. The number of hydrogen-bond donors (Lipinski definition) is 1. The van der Waals surface area contributed by atoms with Crippen molar-refractivity contribution in [2.45, 2.75) is 18.6 Å². The number of furan rings is 1. The average Bonchev–Trinajstić information content (AvgIpc) is 3.42. The number of amides is 1. The van der Waals surface area contributed by atoms with Crippen molar-refractivity contribution in [1.82, 2.24) is 24.7 Å². The third kappa shape index (κ3) is 4.46. The first-order valence-electron chi connectivity index (χ1n) is 10.9. The zero-order valence-corrected chi connectivity index (χ0v) is 19.3. The van der Waals surface area contributed by atoms with Gasteiger partial charge in [-0.15, -0.1) is 10.2 Å². The van der Waals surface area contributed by atoms with Gasteiger partial charge in [-0.25, -0.2) is 4.68 Å². The lowest BCUT2D eigenvalue weighted by Crippen LogP contribution is -2.48. The van der Waals surface area contributed by atoms with Crippen LogP contribution >= 0.6 is 11.8 Å². The van der Waals surface area contributed by atoms with Crippen molar-refractivity contribution < 1.29 is 9.21 Å². The van der Waals surface area contributed by atoms with Gasteiger partial charge in [-0.05, 0) is 29.3 Å². The Balaban J connectivity index is 1.15. The topological polar surface area (TPSA) is 93.4 Å². The molecule has 2 aromatic carbocycles. The molecular formula is C24H26N6O2S. The molecule has 1 fully saturated rings. The molecule has 0 spiro atoms. The highest BCUT2D eigenvalue weighted by molar-refractivity contribution is 7.99. The van der Waals surface area contributed by atoms with Crippen molar-refractivity contribution in [2.75, 3.05) is 37.8 Å². The van der Waals surface area contributed by atoms with E-state index in [1.54, 1.807) is 12.3 Å². The Morgan fingerprint density at radius 2 is 1.85 bits per heavy atom. The summed E-state index contributed by atoms with van der Waals surface area (Å²) in [5.41, 5.74) is 2.12. The highest BCUT2D eigenvalue weighted by Crippen LogP contribution is 2.25. The van der Waals surface area contributed by atoms with Crippen LogP contribution in [0.3, 0.4) is 0 Å². The van der Waals surface area contributed by atoms with Crippen LogP contribution < -0.4 is 5.84 Å². The van der Waals surface area contributed by atoms with Gasteiger partial charge in [0, 0.05) is 32.7 Å². The zero-order chi connectivity index (χ0) is 22.8. The Labute approximate surface area is 196 Å². The second-order valence-corrected chi connectivity index (χ2v) is 9.09. The molecule has 2 aromatic heterocycles. The van der Waals surface area contributed by atoms with Gasteiger partial charge in [0.2, 0.25) is 11.1 Å². The maximum Gasteiger partial charge on any atom is 0.233 e. The second-order valence-electron chi connectivity index (χ2n) is 8.15. The Morgan fingerprint density at radius 1 is 1.06 bits per heavy atom. The number of benzene rings is 2. The predicted octanol–water partition coefficient (Wildman–Crippen LogP) is 3.15. The fourth-order valence-corrected chi connectivity index (χ4v) is 4.98. The fourth-order valence-electron chi connectivity index (χ4n) is 4.22. The number of thioether (sulfide) groups is 1. The molecule has 1 saturated heterocycles. The third-order valence-electron chi connectivity index (χ3n) is 6.09. The predicted molar refractivity (Wildman–Crippen MR) is 129 cm³/mol. The van der Waals surface area contributed by atoms with E-state index in [1.807, 2.05) is 11.8 Å². The van der Waals surface area contributed by atoms with Crippen LogP contribution in [0.1, 0.15) is 11.3 Å². The van der Waals surface area contributed by atoms with Gasteiger partial charge in [0.25, 0.3) is 0 Å². The smallest absolute Gasteiger partial charge is 0.233 e. The number of rotatable bonds is 6. The Bertz CT molecular complexity index is 1270. The van der Waals surface area contributed by atoms with E-state index in [0.29, 0.717) is 11.0 Å². The van der Waals surface area contributed by atoms with Crippen molar-refractivity contribution in [3.05, 3.63) is 66.1 Å². The molecule has 0 unspecified atom stereocenters. The van der Waals surface area contributed by atoms with Crippen molar-refractivity contribution >= 4 is 28.4 Å². The van der Waals surface area contributed by atoms with Crippen LogP contribution in [0.25, 0.3) is 22.2 Å². The number of aromatic nitrogens is 3. The number of nitrogen functional groups attached to an aromatic ring is 1. The number of fused-ring (bicyclic) bond motifs is 1. The van der Waals surface area contributed by atoms with Crippen LogP contribution in [0.4, 0.5) is 0 Å². The molecule has 170 valence electrons. The summed E-state index contributed by atoms with van der Waals surface area (Å²) in [6.45, 7) is 5.90. The minimum atomic E-state index is 0.0915. The fraction of sp³-hybridized carbons (Fsp3) is 0.292. The lowest BCUT2D eigenvalue weighted by Gasteiger charge is -2.35. The Kier molecular flexibility index (Phi) is 6.06. The van der Waals surface area contributed by atoms with E-state index in [0.717, 1.165) is 44.0 Å². The van der Waals surface area contributed by atoms with Gasteiger partial charge >= 0.3 is 0 Å². The molecule has 0 aliphatic carbocycles. The Hall–Kier alpha value is -3.30. The molecule has 5 rings (SSSR count). The van der Waals surface area contributed by atoms with Gasteiger partial charge in [-0.1, -0.05) is 54.2 Å². The first-order chi connectivity index (χ1) is 16.1. The molecular weight excluding hydrogens is 436 g/mol. The molecule has 3 heterocycles. The Morgan fingerprint density at radius 3 is 2.64 bits per heavy atom. The summed E-state index contributed by atoms with van der Waals surface area (Å²) in [4.78, 5) is 17.1. The summed E-state index contributed by atoms with van der Waals surface area (Å²) in [6.07, 6.45) is 1.59. The van der Waals surface area contributed by atoms with Crippen LogP contribution in [0.15, 0.2) is 64.4 Å². The second kappa shape index (κ2) is 9.29. The van der Waals surface area contributed by atoms with E-state index < -0.39 is 0 Å². The number of hydrogen-bond acceptors (Lipinski definition) is 7. The average molecular weight is 463 g/mol. The molecule has 9 heteroatoms. The quantitative estimate of drug-likeness (QED) is 0.347. The summed E-state index contributed by atoms with van der Waals surface area (Å²) < 4.78 is 6.73. The van der Waals surface area contributed by atoms with Gasteiger partial charge in [0.1, 0.15) is 5.76 Å². The van der Waals surface area contributed by atoms with Crippen molar-refractivity contribution in [2.24, 2.45) is 0 Å². The highest BCUT2D eigenvalue weighted by Gasteiger charge is 2.23. The SMILES string of the molecule is Cc1occc1-c1nnc(SCC(=O)N2CCN(Cc3cccc4ccccc34)CC2)n1N. The highest BCUT2D eigenvalue weighted by atomic mass is 32.2. The molecule has 8 nitrogen and oxygen atoms in total. The van der Waals surface area contributed by atoms with E-state index in [1.165, 1.54) is 32.8 Å². The number of piperazine rings is 1. The number of aryl methyl sites for hydroxylation is 1. The lowest BCUT2D eigenvalue weighted by molar-refractivity contribution is -0.130. The van der Waals surface area contributed by atoms with Crippen LogP contribution in [0, 0.1) is 6.92 Å². The molecule has 1 amide bonds. The zero-order valence-electron chi connectivity index (χ0n) is 18.5. The lowest BCUT2D eigenvalue weighted by atomic mass is 10.0. The molecule has 0 saturated carbocycles. The van der Waals surface area contributed by atoms with E-state index in [9.17, 15) is 4.79 Å². The molecule has 1 aliphatic heterocycles. The van der Waals surface area contributed by atoms with E-state index >= 15 is 0 Å². The molecule has 2 N–H and O–H groups in total. The molecule has 1 aliphatic rings. The maximum absolute atomic E-state index is 12.8. The van der Waals surface area contributed by atoms with Crippen LogP contribution in [-0.2, 0) is 11.3 Å². The van der Waals surface area contributed by atoms with Gasteiger partial charge in [0.15, 0.2) is 5.82 Å². The monoisotopic (exact) mass is 462 g/mol. The summed E-state index contributed by atoms with van der Waals surface area (Å²) in [7, 11) is 0. The normalized spacial score (nSPS) is 14.8. The summed E-state index contributed by atoms with van der Waals surface area (Å²) >= 11 is 1.31. The van der Waals surface area contributed by atoms with E-state index in [-0.39, 0.29) is 11.7 Å². The summed E-state index contributed by atoms with van der Waals surface area (Å²) in [5, 5.41) is 11.4. The minimum Gasteiger partial charge on any atom is -0.469 e. The van der Waals surface area contributed by atoms with Gasteiger partial charge in [0.05, 0.1) is 17.6 Å². The molecule has 0 bridgehead atoms. The number of nitrogens with zero attached hydrogens (tertiary/aromatic N) is 5. The first-order valence-corrected chi connectivity index (χ1v) is 11.9. The van der Waals surface area contributed by atoms with Crippen molar-refractivity contribution in [3.63, 3.8) is 0 Å². The number of carbonyl (C=O) groups excluding carboxylic acids is 1. The number of nitrogens with two attached hydrogens (primary N) is 1. The van der Waals surface area contributed by atoms with Gasteiger partial charge < -0.3 is 15.2 Å². The molecule has 4 aromatic rings. The van der Waals surface area contributed by atoms with Crippen LogP contribution in [-0.4, -0.2) is 62.5 Å². The largest absolute Gasteiger partial charge is 0.469 e.